The molecule has 1 unspecified atom stereocenters. The minimum absolute atomic E-state index is 0.0740. The molecule has 2 N–H and O–H groups in total. The number of nitrogens with one attached hydrogen (secondary N) is 2. The first-order valence-electron chi connectivity index (χ1n) is 8.51. The molecule has 1 saturated heterocycles. The van der Waals surface area contributed by atoms with Gasteiger partial charge in [0.05, 0.1) is 24.8 Å². The van der Waals surface area contributed by atoms with Crippen molar-refractivity contribution in [3.8, 4) is 23.3 Å². The van der Waals surface area contributed by atoms with Gasteiger partial charge in [0.25, 0.3) is 5.91 Å². The Kier molecular flexibility index (Phi) is 6.75. The molecule has 0 bridgehead atoms. The van der Waals surface area contributed by atoms with Crippen LogP contribution in [0, 0.1) is 11.3 Å². The van der Waals surface area contributed by atoms with Crippen LogP contribution in [0.3, 0.4) is 0 Å². The summed E-state index contributed by atoms with van der Waals surface area (Å²) < 4.78 is 15.9. The molecule has 0 saturated carbocycles. The monoisotopic (exact) mass is 431 g/mol. The van der Waals surface area contributed by atoms with Crippen molar-refractivity contribution in [3.05, 3.63) is 51.9 Å². The quantitative estimate of drug-likeness (QED) is 0.643. The highest BCUT2D eigenvalue weighted by Crippen LogP contribution is 2.35. The van der Waals surface area contributed by atoms with E-state index in [1.807, 2.05) is 6.07 Å². The fraction of sp³-hybridized carbons (Fsp3) is 0.200. The molecule has 0 aliphatic carbocycles. The normalized spacial score (nSPS) is 16.8. The topological polar surface area (TPSA) is 92.6 Å². The lowest BCUT2D eigenvalue weighted by Crippen LogP contribution is -2.31. The zero-order chi connectivity index (χ0) is 20.8. The fourth-order valence-corrected chi connectivity index (χ4v) is 3.80. The number of rotatable bonds is 7. The summed E-state index contributed by atoms with van der Waals surface area (Å²) in [6.45, 7) is -0.0740. The molecule has 7 nitrogen and oxygen atoms in total. The Morgan fingerprint density at radius 2 is 1.97 bits per heavy atom. The lowest BCUT2D eigenvalue weighted by molar-refractivity contribution is -0.116. The van der Waals surface area contributed by atoms with Gasteiger partial charge in [-0.1, -0.05) is 29.4 Å². The third-order valence-corrected chi connectivity index (χ3v) is 5.22. The maximum absolute atomic E-state index is 12.4. The average Bonchev–Trinajstić information content (AvgIpc) is 3.05. The smallest absolute Gasteiger partial charge is 0.260 e. The van der Waals surface area contributed by atoms with Crippen molar-refractivity contribution in [2.24, 2.45) is 0 Å². The van der Waals surface area contributed by atoms with Gasteiger partial charge in [-0.25, -0.2) is 0 Å². The summed E-state index contributed by atoms with van der Waals surface area (Å²) in [5, 5.41) is 15.3. The molecule has 1 aliphatic rings. The van der Waals surface area contributed by atoms with Crippen molar-refractivity contribution >= 4 is 41.0 Å². The van der Waals surface area contributed by atoms with Gasteiger partial charge >= 0.3 is 0 Å². The number of anilines is 1. The number of ether oxygens (including phenoxy) is 3. The van der Waals surface area contributed by atoms with Crippen molar-refractivity contribution in [1.29, 1.82) is 5.26 Å². The number of amides is 1. The van der Waals surface area contributed by atoms with E-state index < -0.39 is 0 Å². The number of carbonyl (C=O) groups is 1. The Labute approximate surface area is 177 Å². The Morgan fingerprint density at radius 1 is 1.21 bits per heavy atom. The first-order valence-corrected chi connectivity index (χ1v) is 9.77. The van der Waals surface area contributed by atoms with Gasteiger partial charge in [-0.15, -0.1) is 0 Å². The third-order valence-electron chi connectivity index (χ3n) is 3.96. The number of nitrogens with zero attached hydrogens (tertiary/aromatic N) is 1. The van der Waals surface area contributed by atoms with E-state index in [-0.39, 0.29) is 18.0 Å². The van der Waals surface area contributed by atoms with E-state index in [1.165, 1.54) is 18.9 Å². The zero-order valence-electron chi connectivity index (χ0n) is 15.7. The van der Waals surface area contributed by atoms with Crippen LogP contribution in [0.2, 0.25) is 5.02 Å². The minimum Gasteiger partial charge on any atom is -0.495 e. The Bertz CT molecular complexity index is 990. The predicted molar refractivity (Wildman–Crippen MR) is 113 cm³/mol. The van der Waals surface area contributed by atoms with Crippen LogP contribution in [0.15, 0.2) is 41.3 Å². The molecule has 1 amide bonds. The van der Waals surface area contributed by atoms with E-state index >= 15 is 0 Å². The van der Waals surface area contributed by atoms with E-state index in [0.29, 0.717) is 32.9 Å². The second kappa shape index (κ2) is 9.45. The zero-order valence-corrected chi connectivity index (χ0v) is 17.3. The van der Waals surface area contributed by atoms with Crippen molar-refractivity contribution < 1.29 is 19.0 Å². The summed E-state index contributed by atoms with van der Waals surface area (Å²) >= 11 is 7.40. The Hall–Kier alpha value is -3.02. The van der Waals surface area contributed by atoms with Gasteiger partial charge in [0.1, 0.15) is 11.8 Å². The number of thioether (sulfide) groups is 1. The van der Waals surface area contributed by atoms with Gasteiger partial charge in [0.15, 0.2) is 23.6 Å². The van der Waals surface area contributed by atoms with E-state index in [4.69, 9.17) is 31.1 Å². The lowest BCUT2D eigenvalue weighted by Gasteiger charge is -2.15. The number of methoxy groups -OCH3 is 2. The Morgan fingerprint density at radius 3 is 2.69 bits per heavy atom. The largest absolute Gasteiger partial charge is 0.495 e. The number of carbonyl (C=O) groups excluding carboxylic acids is 1. The van der Waals surface area contributed by atoms with E-state index in [2.05, 4.69) is 10.6 Å². The lowest BCUT2D eigenvalue weighted by atomic mass is 10.2. The summed E-state index contributed by atoms with van der Waals surface area (Å²) in [6.07, 6.45) is 1.76. The van der Waals surface area contributed by atoms with Gasteiger partial charge in [-0.05, 0) is 42.0 Å². The van der Waals surface area contributed by atoms with Gasteiger partial charge in [0.2, 0.25) is 0 Å². The number of hydrogen-bond donors (Lipinski definition) is 2. The maximum Gasteiger partial charge on any atom is 0.260 e. The van der Waals surface area contributed by atoms with Crippen LogP contribution in [0.25, 0.3) is 6.08 Å². The van der Waals surface area contributed by atoms with Crippen LogP contribution in [-0.4, -0.2) is 32.2 Å². The molecular weight excluding hydrogens is 414 g/mol. The fourth-order valence-electron chi connectivity index (χ4n) is 2.65. The highest BCUT2D eigenvalue weighted by Gasteiger charge is 2.28. The van der Waals surface area contributed by atoms with Crippen LogP contribution >= 0.6 is 23.4 Å². The molecule has 0 spiro atoms. The molecule has 29 heavy (non-hydrogen) atoms. The first kappa shape index (κ1) is 20.7. The van der Waals surface area contributed by atoms with E-state index in [0.717, 1.165) is 5.56 Å². The summed E-state index contributed by atoms with van der Waals surface area (Å²) in [5.74, 6) is 1.38. The number of halogens is 1. The van der Waals surface area contributed by atoms with Crippen LogP contribution in [-0.2, 0) is 4.79 Å². The number of nitriles is 1. The maximum atomic E-state index is 12.4. The molecule has 1 aliphatic heterocycles. The second-order valence-corrected chi connectivity index (χ2v) is 7.41. The van der Waals surface area contributed by atoms with Crippen LogP contribution < -0.4 is 24.8 Å². The van der Waals surface area contributed by atoms with Crippen molar-refractivity contribution in [1.82, 2.24) is 5.32 Å². The number of benzene rings is 2. The van der Waals surface area contributed by atoms with Crippen molar-refractivity contribution in [3.63, 3.8) is 0 Å². The molecule has 1 fully saturated rings. The van der Waals surface area contributed by atoms with Gasteiger partial charge in [-0.2, -0.15) is 5.26 Å². The SMILES string of the molecule is COc1ccc(Cl)cc1NC1NC(=O)/C(=C/c2ccc(OCC#N)c(OC)c2)S1. The Balaban J connectivity index is 1.76. The van der Waals surface area contributed by atoms with Crippen molar-refractivity contribution in [2.75, 3.05) is 26.1 Å². The van der Waals surface area contributed by atoms with Crippen LogP contribution in [0.5, 0.6) is 17.2 Å². The summed E-state index contributed by atoms with van der Waals surface area (Å²) in [6, 6.07) is 12.4. The van der Waals surface area contributed by atoms with Crippen LogP contribution in [0.4, 0.5) is 5.69 Å². The molecule has 9 heteroatoms. The van der Waals surface area contributed by atoms with Gasteiger partial charge in [0, 0.05) is 5.02 Å². The van der Waals surface area contributed by atoms with E-state index in [9.17, 15) is 4.79 Å². The van der Waals surface area contributed by atoms with Gasteiger partial charge < -0.3 is 24.8 Å². The van der Waals surface area contributed by atoms with Gasteiger partial charge in [-0.3, -0.25) is 4.79 Å². The molecule has 1 atom stereocenters. The summed E-state index contributed by atoms with van der Waals surface area (Å²) in [5.41, 5.74) is 1.07. The summed E-state index contributed by atoms with van der Waals surface area (Å²) in [7, 11) is 3.08. The molecule has 0 aromatic heterocycles. The van der Waals surface area contributed by atoms with E-state index in [1.54, 1.807) is 49.6 Å². The molecule has 2 aromatic carbocycles. The van der Waals surface area contributed by atoms with Crippen LogP contribution in [0.1, 0.15) is 5.56 Å². The second-order valence-electron chi connectivity index (χ2n) is 5.83. The van der Waals surface area contributed by atoms with Crippen molar-refractivity contribution in [2.45, 2.75) is 5.50 Å². The summed E-state index contributed by atoms with van der Waals surface area (Å²) in [4.78, 5) is 12.9. The average molecular weight is 432 g/mol. The molecule has 150 valence electrons. The predicted octanol–water partition coefficient (Wildman–Crippen LogP) is 3.86. The highest BCUT2D eigenvalue weighted by molar-refractivity contribution is 8.05. The standard InChI is InChI=1S/C20H18ClN3O4S/c1-26-15-6-4-13(21)11-14(15)23-20-24-19(25)18(29-20)10-12-3-5-16(28-8-7-22)17(9-12)27-2/h3-6,9-11,20,23H,8H2,1-2H3,(H,24,25)/b18-10-. The minimum atomic E-state index is -0.374. The molecule has 3 rings (SSSR count). The molecule has 2 aromatic rings. The molecular formula is C20H18ClN3O4S. The molecule has 1 heterocycles. The molecule has 0 radical (unpaired) electrons. The highest BCUT2D eigenvalue weighted by atomic mass is 35.5. The number of hydrogen-bond acceptors (Lipinski definition) is 7. The first-order chi connectivity index (χ1) is 14.0. The third kappa shape index (κ3) is 5.08.